The molecule has 33 heavy (non-hydrogen) atoms. The van der Waals surface area contributed by atoms with Crippen molar-refractivity contribution in [1.29, 1.82) is 0 Å². The summed E-state index contributed by atoms with van der Waals surface area (Å²) < 4.78 is 14.2. The minimum absolute atomic E-state index is 0.0440. The van der Waals surface area contributed by atoms with Crippen molar-refractivity contribution in [1.82, 2.24) is 20.0 Å². The topological polar surface area (TPSA) is 119 Å². The van der Waals surface area contributed by atoms with Crippen LogP contribution >= 0.6 is 0 Å². The number of rotatable bonds is 5. The number of nitrogens with zero attached hydrogens (tertiary/aromatic N) is 4. The molecule has 1 aliphatic rings. The number of pyridine rings is 1. The smallest absolute Gasteiger partial charge is 0.301 e. The Morgan fingerprint density at radius 3 is 2.67 bits per heavy atom. The van der Waals surface area contributed by atoms with Crippen LogP contribution in [0.5, 0.6) is 5.75 Å². The summed E-state index contributed by atoms with van der Waals surface area (Å²) in [4.78, 5) is 45.8. The molecule has 0 spiro atoms. The molecule has 11 heteroatoms. The summed E-state index contributed by atoms with van der Waals surface area (Å²) in [6.45, 7) is 1.08. The number of amides is 2. The van der Waals surface area contributed by atoms with Crippen LogP contribution in [-0.4, -0.2) is 60.0 Å². The van der Waals surface area contributed by atoms with Crippen LogP contribution in [0.4, 0.5) is 15.8 Å². The van der Waals surface area contributed by atoms with Crippen LogP contribution in [0.15, 0.2) is 41.3 Å². The highest BCUT2D eigenvalue weighted by Crippen LogP contribution is 2.27. The van der Waals surface area contributed by atoms with Crippen molar-refractivity contribution < 1.29 is 19.1 Å². The third kappa shape index (κ3) is 4.35. The molecule has 0 saturated carbocycles. The quantitative estimate of drug-likeness (QED) is 0.513. The summed E-state index contributed by atoms with van der Waals surface area (Å²) in [6, 6.07) is 7.25. The van der Waals surface area contributed by atoms with E-state index in [0.29, 0.717) is 30.0 Å². The molecule has 3 heterocycles. The zero-order valence-corrected chi connectivity index (χ0v) is 18.1. The van der Waals surface area contributed by atoms with Crippen molar-refractivity contribution in [3.05, 3.63) is 64.0 Å². The van der Waals surface area contributed by atoms with Crippen LogP contribution in [0, 0.1) is 5.82 Å². The summed E-state index contributed by atoms with van der Waals surface area (Å²) >= 11 is 0. The highest BCUT2D eigenvalue weighted by atomic mass is 19.1. The summed E-state index contributed by atoms with van der Waals surface area (Å²) in [7, 11) is 3.56. The SMILES string of the molecule is CN(C)c1cc(N2CCNCC2=O)c2nc(C(=O)NCc3ccc(F)cc3)c(O)c(=O)n2c1. The maximum absolute atomic E-state index is 13.1. The lowest BCUT2D eigenvalue weighted by Gasteiger charge is -2.29. The lowest BCUT2D eigenvalue weighted by Crippen LogP contribution is -2.48. The minimum Gasteiger partial charge on any atom is -0.501 e. The van der Waals surface area contributed by atoms with Crippen molar-refractivity contribution in [2.45, 2.75) is 6.54 Å². The molecule has 1 aromatic carbocycles. The Morgan fingerprint density at radius 1 is 1.27 bits per heavy atom. The first kappa shape index (κ1) is 22.2. The Balaban J connectivity index is 1.79. The Labute approximate surface area is 188 Å². The van der Waals surface area contributed by atoms with Gasteiger partial charge in [-0.2, -0.15) is 0 Å². The number of aromatic hydroxyl groups is 1. The van der Waals surface area contributed by atoms with Gasteiger partial charge >= 0.3 is 5.56 Å². The van der Waals surface area contributed by atoms with Crippen LogP contribution in [0.3, 0.4) is 0 Å². The number of aromatic nitrogens is 2. The molecule has 3 aromatic rings. The first-order valence-electron chi connectivity index (χ1n) is 10.3. The Hall–Kier alpha value is -3.99. The maximum Gasteiger partial charge on any atom is 0.301 e. The van der Waals surface area contributed by atoms with Gasteiger partial charge in [-0.05, 0) is 23.8 Å². The van der Waals surface area contributed by atoms with Crippen molar-refractivity contribution in [2.75, 3.05) is 43.5 Å². The lowest BCUT2D eigenvalue weighted by atomic mass is 10.2. The number of nitrogens with one attached hydrogen (secondary N) is 2. The van der Waals surface area contributed by atoms with Gasteiger partial charge in [-0.1, -0.05) is 12.1 Å². The van der Waals surface area contributed by atoms with E-state index >= 15 is 0 Å². The van der Waals surface area contributed by atoms with Gasteiger partial charge in [-0.25, -0.2) is 9.37 Å². The van der Waals surface area contributed by atoms with E-state index in [-0.39, 0.29) is 24.6 Å². The van der Waals surface area contributed by atoms with E-state index in [4.69, 9.17) is 0 Å². The first-order valence-corrected chi connectivity index (χ1v) is 10.3. The van der Waals surface area contributed by atoms with Gasteiger partial charge < -0.3 is 25.5 Å². The number of carbonyl (C=O) groups excluding carboxylic acids is 2. The second-order valence-corrected chi connectivity index (χ2v) is 7.82. The van der Waals surface area contributed by atoms with Crippen molar-refractivity contribution in [2.24, 2.45) is 0 Å². The third-order valence-corrected chi connectivity index (χ3v) is 5.34. The van der Waals surface area contributed by atoms with Crippen molar-refractivity contribution in [3.8, 4) is 5.75 Å². The fourth-order valence-corrected chi connectivity index (χ4v) is 3.53. The number of anilines is 2. The van der Waals surface area contributed by atoms with Crippen LogP contribution in [-0.2, 0) is 11.3 Å². The normalized spacial score (nSPS) is 13.9. The number of piperazine rings is 1. The molecule has 10 nitrogen and oxygen atoms in total. The number of carbonyl (C=O) groups is 2. The van der Waals surface area contributed by atoms with Crippen LogP contribution in [0.1, 0.15) is 16.1 Å². The van der Waals surface area contributed by atoms with Gasteiger partial charge in [0.25, 0.3) is 5.91 Å². The van der Waals surface area contributed by atoms with E-state index in [0.717, 1.165) is 4.40 Å². The molecular formula is C22H23FN6O4. The zero-order valence-electron chi connectivity index (χ0n) is 18.1. The molecule has 4 rings (SSSR count). The van der Waals surface area contributed by atoms with Gasteiger partial charge in [0.2, 0.25) is 11.7 Å². The molecule has 1 aliphatic heterocycles. The average Bonchev–Trinajstić information content (AvgIpc) is 2.80. The largest absolute Gasteiger partial charge is 0.501 e. The second kappa shape index (κ2) is 8.87. The molecule has 1 fully saturated rings. The van der Waals surface area contributed by atoms with E-state index in [1.54, 1.807) is 25.1 Å². The van der Waals surface area contributed by atoms with Gasteiger partial charge in [0.15, 0.2) is 11.3 Å². The molecule has 0 aliphatic carbocycles. The van der Waals surface area contributed by atoms with Gasteiger partial charge in [0, 0.05) is 39.9 Å². The molecule has 2 aromatic heterocycles. The number of halogens is 1. The van der Waals surface area contributed by atoms with Crippen LogP contribution in [0.2, 0.25) is 0 Å². The predicted molar refractivity (Wildman–Crippen MR) is 120 cm³/mol. The summed E-state index contributed by atoms with van der Waals surface area (Å²) in [5.74, 6) is -2.19. The first-order chi connectivity index (χ1) is 15.8. The fraction of sp³-hybridized carbons (Fsp3) is 0.273. The summed E-state index contributed by atoms with van der Waals surface area (Å²) in [6.07, 6.45) is 1.49. The van der Waals surface area contributed by atoms with E-state index in [9.17, 15) is 23.9 Å². The number of fused-ring (bicyclic) bond motifs is 1. The highest BCUT2D eigenvalue weighted by molar-refractivity contribution is 6.00. The van der Waals surface area contributed by atoms with E-state index < -0.39 is 28.7 Å². The molecular weight excluding hydrogens is 431 g/mol. The standard InChI is InChI=1S/C22H23FN6O4/c1-27(2)15-9-16(28-8-7-24-11-17(28)30)20-26-18(19(31)22(33)29(20)12-15)21(32)25-10-13-3-5-14(23)6-4-13/h3-6,9,12,24,31H,7-8,10-11H2,1-2H3,(H,25,32). The minimum atomic E-state index is -0.834. The Morgan fingerprint density at radius 2 is 2.00 bits per heavy atom. The average molecular weight is 454 g/mol. The molecule has 0 radical (unpaired) electrons. The number of hydrogen-bond donors (Lipinski definition) is 3. The van der Waals surface area contributed by atoms with Gasteiger partial charge in [-0.3, -0.25) is 18.8 Å². The van der Waals surface area contributed by atoms with Crippen molar-refractivity contribution >= 4 is 28.8 Å². The van der Waals surface area contributed by atoms with E-state index in [1.807, 2.05) is 0 Å². The molecule has 0 unspecified atom stereocenters. The van der Waals surface area contributed by atoms with E-state index in [2.05, 4.69) is 15.6 Å². The summed E-state index contributed by atoms with van der Waals surface area (Å²) in [5, 5.41) is 16.0. The molecule has 0 bridgehead atoms. The van der Waals surface area contributed by atoms with Gasteiger partial charge in [-0.15, -0.1) is 0 Å². The predicted octanol–water partition coefficient (Wildman–Crippen LogP) is 0.471. The Bertz CT molecular complexity index is 1290. The molecule has 172 valence electrons. The lowest BCUT2D eigenvalue weighted by molar-refractivity contribution is -0.118. The molecule has 1 saturated heterocycles. The van der Waals surface area contributed by atoms with Crippen LogP contribution in [0.25, 0.3) is 5.65 Å². The zero-order chi connectivity index (χ0) is 23.7. The monoisotopic (exact) mass is 454 g/mol. The van der Waals surface area contributed by atoms with E-state index in [1.165, 1.54) is 35.4 Å². The van der Waals surface area contributed by atoms with Gasteiger partial charge in [0.05, 0.1) is 17.9 Å². The Kier molecular flexibility index (Phi) is 5.97. The fourth-order valence-electron chi connectivity index (χ4n) is 3.53. The van der Waals surface area contributed by atoms with Crippen LogP contribution < -0.4 is 26.0 Å². The number of benzene rings is 1. The highest BCUT2D eigenvalue weighted by Gasteiger charge is 2.26. The third-order valence-electron chi connectivity index (χ3n) is 5.34. The second-order valence-electron chi connectivity index (χ2n) is 7.82. The molecule has 0 atom stereocenters. The molecule has 3 N–H and O–H groups in total. The summed E-state index contributed by atoms with van der Waals surface area (Å²) in [5.41, 5.74) is 0.385. The molecule has 2 amide bonds. The van der Waals surface area contributed by atoms with Gasteiger partial charge in [0.1, 0.15) is 5.82 Å². The number of hydrogen-bond acceptors (Lipinski definition) is 7. The van der Waals surface area contributed by atoms with Crippen molar-refractivity contribution in [3.63, 3.8) is 0 Å². The maximum atomic E-state index is 13.1.